The summed E-state index contributed by atoms with van der Waals surface area (Å²) in [5.41, 5.74) is 10.4. The van der Waals surface area contributed by atoms with Gasteiger partial charge < -0.3 is 10.5 Å². The smallest absolute Gasteiger partial charge is 0.119 e. The minimum atomic E-state index is 0.420. The molecule has 3 rings (SSSR count). The summed E-state index contributed by atoms with van der Waals surface area (Å²) in [6.45, 7) is 0.916. The van der Waals surface area contributed by atoms with Gasteiger partial charge in [-0.2, -0.15) is 5.26 Å². The van der Waals surface area contributed by atoms with Crippen molar-refractivity contribution in [1.29, 1.82) is 5.26 Å². The van der Waals surface area contributed by atoms with Crippen molar-refractivity contribution in [2.45, 2.75) is 13.2 Å². The van der Waals surface area contributed by atoms with Gasteiger partial charge in [-0.25, -0.2) is 0 Å². The molecule has 24 heavy (non-hydrogen) atoms. The SMILES string of the molecule is N#Cc1cc(COc2ccccc2)cc(-c2cccc(CN)c2)c1. The van der Waals surface area contributed by atoms with Gasteiger partial charge in [-0.3, -0.25) is 0 Å². The topological polar surface area (TPSA) is 59.0 Å². The van der Waals surface area contributed by atoms with Crippen LogP contribution in [0.15, 0.2) is 72.8 Å². The Hall–Kier alpha value is -3.09. The Bertz CT molecular complexity index is 867. The number of ether oxygens (including phenoxy) is 1. The van der Waals surface area contributed by atoms with Gasteiger partial charge in [-0.15, -0.1) is 0 Å². The second-order valence-electron chi connectivity index (χ2n) is 5.54. The molecule has 3 heteroatoms. The molecule has 118 valence electrons. The monoisotopic (exact) mass is 314 g/mol. The fraction of sp³-hybridized carbons (Fsp3) is 0.0952. The van der Waals surface area contributed by atoms with Crippen LogP contribution in [0.1, 0.15) is 16.7 Å². The second-order valence-corrected chi connectivity index (χ2v) is 5.54. The molecule has 0 amide bonds. The van der Waals surface area contributed by atoms with Gasteiger partial charge in [-0.1, -0.05) is 36.4 Å². The van der Waals surface area contributed by atoms with Crippen LogP contribution in [0.3, 0.4) is 0 Å². The molecule has 0 saturated carbocycles. The van der Waals surface area contributed by atoms with Crippen molar-refractivity contribution in [2.75, 3.05) is 0 Å². The molecule has 0 aliphatic carbocycles. The largest absolute Gasteiger partial charge is 0.489 e. The molecule has 0 radical (unpaired) electrons. The van der Waals surface area contributed by atoms with E-state index in [9.17, 15) is 5.26 Å². The maximum absolute atomic E-state index is 9.31. The first-order valence-corrected chi connectivity index (χ1v) is 7.80. The third kappa shape index (κ3) is 3.81. The van der Waals surface area contributed by atoms with Gasteiger partial charge in [0.2, 0.25) is 0 Å². The number of rotatable bonds is 5. The highest BCUT2D eigenvalue weighted by atomic mass is 16.5. The minimum absolute atomic E-state index is 0.420. The summed E-state index contributed by atoms with van der Waals surface area (Å²) in [4.78, 5) is 0. The molecule has 2 N–H and O–H groups in total. The van der Waals surface area contributed by atoms with E-state index in [2.05, 4.69) is 18.2 Å². The zero-order valence-electron chi connectivity index (χ0n) is 13.3. The summed E-state index contributed by atoms with van der Waals surface area (Å²) in [6.07, 6.45) is 0. The molecule has 0 unspecified atom stereocenters. The van der Waals surface area contributed by atoms with E-state index in [1.807, 2.05) is 60.7 Å². The van der Waals surface area contributed by atoms with Crippen molar-refractivity contribution in [1.82, 2.24) is 0 Å². The van der Waals surface area contributed by atoms with Gasteiger partial charge in [0.1, 0.15) is 12.4 Å². The van der Waals surface area contributed by atoms with Crippen LogP contribution in [0, 0.1) is 11.3 Å². The highest BCUT2D eigenvalue weighted by Gasteiger charge is 2.05. The highest BCUT2D eigenvalue weighted by molar-refractivity contribution is 5.67. The number of nitrogens with zero attached hydrogens (tertiary/aromatic N) is 1. The maximum atomic E-state index is 9.31. The zero-order valence-corrected chi connectivity index (χ0v) is 13.3. The van der Waals surface area contributed by atoms with E-state index in [0.29, 0.717) is 18.7 Å². The molecule has 0 aliphatic rings. The molecular weight excluding hydrogens is 296 g/mol. The summed E-state index contributed by atoms with van der Waals surface area (Å²) in [5, 5.41) is 9.31. The second kappa shape index (κ2) is 7.45. The van der Waals surface area contributed by atoms with Gasteiger partial charge >= 0.3 is 0 Å². The quantitative estimate of drug-likeness (QED) is 0.765. The van der Waals surface area contributed by atoms with Gasteiger partial charge in [0, 0.05) is 6.54 Å². The normalized spacial score (nSPS) is 10.2. The standard InChI is InChI=1S/C21H18N2O/c22-13-16-5-4-6-19(10-16)20-11-17(14-23)9-18(12-20)15-24-21-7-2-1-3-8-21/h1-12H,13,15,22H2. The summed E-state index contributed by atoms with van der Waals surface area (Å²) in [7, 11) is 0. The molecule has 0 aromatic heterocycles. The molecule has 0 fully saturated rings. The van der Waals surface area contributed by atoms with Crippen LogP contribution < -0.4 is 10.5 Å². The number of hydrogen-bond acceptors (Lipinski definition) is 3. The first kappa shape index (κ1) is 15.8. The van der Waals surface area contributed by atoms with Gasteiger partial charge in [0.25, 0.3) is 0 Å². The van der Waals surface area contributed by atoms with Crippen LogP contribution in [0.5, 0.6) is 5.75 Å². The molecule has 0 saturated heterocycles. The number of nitrogens with two attached hydrogens (primary N) is 1. The van der Waals surface area contributed by atoms with Gasteiger partial charge in [0.05, 0.1) is 11.6 Å². The molecule has 0 heterocycles. The average Bonchev–Trinajstić information content (AvgIpc) is 2.67. The van der Waals surface area contributed by atoms with Crippen LogP contribution in [-0.4, -0.2) is 0 Å². The van der Waals surface area contributed by atoms with E-state index in [4.69, 9.17) is 10.5 Å². The van der Waals surface area contributed by atoms with Crippen molar-refractivity contribution in [3.63, 3.8) is 0 Å². The lowest BCUT2D eigenvalue weighted by Crippen LogP contribution is -1.98. The summed E-state index contributed by atoms with van der Waals surface area (Å²) < 4.78 is 5.80. The van der Waals surface area contributed by atoms with Crippen LogP contribution in [0.25, 0.3) is 11.1 Å². The van der Waals surface area contributed by atoms with Crippen LogP contribution in [0.4, 0.5) is 0 Å². The first-order chi connectivity index (χ1) is 11.8. The van der Waals surface area contributed by atoms with E-state index in [1.165, 1.54) is 0 Å². The van der Waals surface area contributed by atoms with Crippen molar-refractivity contribution in [2.24, 2.45) is 5.73 Å². The lowest BCUT2D eigenvalue weighted by molar-refractivity contribution is 0.306. The van der Waals surface area contributed by atoms with Crippen LogP contribution in [0.2, 0.25) is 0 Å². The molecule has 0 atom stereocenters. The van der Waals surface area contributed by atoms with E-state index >= 15 is 0 Å². The zero-order chi connectivity index (χ0) is 16.8. The molecule has 3 aromatic carbocycles. The first-order valence-electron chi connectivity index (χ1n) is 7.80. The predicted octanol–water partition coefficient (Wildman–Crippen LogP) is 4.26. The Morgan fingerprint density at radius 1 is 0.833 bits per heavy atom. The van der Waals surface area contributed by atoms with E-state index in [-0.39, 0.29) is 0 Å². The summed E-state index contributed by atoms with van der Waals surface area (Å²) in [6, 6.07) is 25.7. The Balaban J connectivity index is 1.89. The number of para-hydroxylation sites is 1. The third-order valence-corrected chi connectivity index (χ3v) is 3.77. The van der Waals surface area contributed by atoms with E-state index in [1.54, 1.807) is 0 Å². The van der Waals surface area contributed by atoms with Gasteiger partial charge in [0.15, 0.2) is 0 Å². The summed E-state index contributed by atoms with van der Waals surface area (Å²) >= 11 is 0. The fourth-order valence-corrected chi connectivity index (χ4v) is 2.57. The lowest BCUT2D eigenvalue weighted by atomic mass is 9.99. The average molecular weight is 314 g/mol. The molecule has 3 aromatic rings. The molecule has 0 aliphatic heterocycles. The van der Waals surface area contributed by atoms with E-state index < -0.39 is 0 Å². The molecule has 0 spiro atoms. The van der Waals surface area contributed by atoms with Crippen molar-refractivity contribution in [3.05, 3.63) is 89.5 Å². The molecule has 0 bridgehead atoms. The fourth-order valence-electron chi connectivity index (χ4n) is 2.57. The Kier molecular flexibility index (Phi) is 4.90. The lowest BCUT2D eigenvalue weighted by Gasteiger charge is -2.10. The van der Waals surface area contributed by atoms with E-state index in [0.717, 1.165) is 28.0 Å². The predicted molar refractivity (Wildman–Crippen MR) is 95.3 cm³/mol. The molecule has 3 nitrogen and oxygen atoms in total. The Morgan fingerprint density at radius 3 is 2.38 bits per heavy atom. The van der Waals surface area contributed by atoms with Crippen LogP contribution >= 0.6 is 0 Å². The number of nitriles is 1. The highest BCUT2D eigenvalue weighted by Crippen LogP contribution is 2.24. The Labute approximate surface area is 141 Å². The molecular formula is C21H18N2O. The van der Waals surface area contributed by atoms with Crippen molar-refractivity contribution >= 4 is 0 Å². The third-order valence-electron chi connectivity index (χ3n) is 3.77. The van der Waals surface area contributed by atoms with Gasteiger partial charge in [-0.05, 0) is 58.7 Å². The number of hydrogen-bond donors (Lipinski definition) is 1. The van der Waals surface area contributed by atoms with Crippen molar-refractivity contribution in [3.8, 4) is 22.9 Å². The minimum Gasteiger partial charge on any atom is -0.489 e. The Morgan fingerprint density at radius 2 is 1.62 bits per heavy atom. The van der Waals surface area contributed by atoms with Crippen molar-refractivity contribution < 1.29 is 4.74 Å². The number of benzene rings is 3. The van der Waals surface area contributed by atoms with Crippen LogP contribution in [-0.2, 0) is 13.2 Å². The maximum Gasteiger partial charge on any atom is 0.119 e. The summed E-state index contributed by atoms with van der Waals surface area (Å²) in [5.74, 6) is 0.812.